The van der Waals surface area contributed by atoms with Gasteiger partial charge in [-0.1, -0.05) is 35.9 Å². The monoisotopic (exact) mass is 512 g/mol. The fourth-order valence-corrected chi connectivity index (χ4v) is 3.96. The van der Waals surface area contributed by atoms with Crippen LogP contribution in [0.2, 0.25) is 0 Å². The number of amides is 1. The second kappa shape index (κ2) is 12.3. The molecule has 2 N–H and O–H groups in total. The molecule has 6 nitrogen and oxygen atoms in total. The van der Waals surface area contributed by atoms with E-state index in [9.17, 15) is 4.79 Å². The predicted molar refractivity (Wildman–Crippen MR) is 134 cm³/mol. The lowest BCUT2D eigenvalue weighted by molar-refractivity contribution is -0.118. The molecule has 3 aromatic rings. The van der Waals surface area contributed by atoms with Crippen molar-refractivity contribution in [2.45, 2.75) is 19.9 Å². The van der Waals surface area contributed by atoms with E-state index in [-0.39, 0.29) is 12.5 Å². The van der Waals surface area contributed by atoms with Gasteiger partial charge in [0.05, 0.1) is 18.7 Å². The van der Waals surface area contributed by atoms with Crippen LogP contribution in [0.4, 0.5) is 5.69 Å². The van der Waals surface area contributed by atoms with Gasteiger partial charge >= 0.3 is 0 Å². The van der Waals surface area contributed by atoms with Crippen LogP contribution in [0.3, 0.4) is 0 Å². The Balaban J connectivity index is 1.54. The van der Waals surface area contributed by atoms with Crippen LogP contribution < -0.4 is 24.8 Å². The number of halogens is 1. The van der Waals surface area contributed by atoms with E-state index < -0.39 is 0 Å². The van der Waals surface area contributed by atoms with Crippen LogP contribution in [0, 0.1) is 6.92 Å². The summed E-state index contributed by atoms with van der Waals surface area (Å²) in [5.41, 5.74) is 4.07. The van der Waals surface area contributed by atoms with Crippen molar-refractivity contribution in [3.8, 4) is 17.2 Å². The second-order valence-corrected chi connectivity index (χ2v) is 8.40. The largest absolute Gasteiger partial charge is 0.496 e. The van der Waals surface area contributed by atoms with Crippen molar-refractivity contribution in [2.75, 3.05) is 32.7 Å². The molecular weight excluding hydrogens is 484 g/mol. The Morgan fingerprint density at radius 1 is 0.970 bits per heavy atom. The summed E-state index contributed by atoms with van der Waals surface area (Å²) in [6.45, 7) is 3.34. The molecule has 0 spiro atoms. The van der Waals surface area contributed by atoms with Gasteiger partial charge in [0, 0.05) is 12.2 Å². The average Bonchev–Trinajstić information content (AvgIpc) is 2.82. The number of carbonyl (C=O) groups is 1. The first kappa shape index (κ1) is 24.6. The third kappa shape index (κ3) is 7.23. The number of hydrogen-bond acceptors (Lipinski definition) is 5. The van der Waals surface area contributed by atoms with Crippen molar-refractivity contribution in [2.24, 2.45) is 0 Å². The summed E-state index contributed by atoms with van der Waals surface area (Å²) in [7, 11) is 3.27. The highest BCUT2D eigenvalue weighted by Gasteiger charge is 2.14. The molecule has 0 fully saturated rings. The summed E-state index contributed by atoms with van der Waals surface area (Å²) >= 11 is 3.55. The van der Waals surface area contributed by atoms with Gasteiger partial charge in [0.2, 0.25) is 0 Å². The van der Waals surface area contributed by atoms with E-state index in [1.54, 1.807) is 14.2 Å². The third-order valence-electron chi connectivity index (χ3n) is 5.06. The summed E-state index contributed by atoms with van der Waals surface area (Å²) in [4.78, 5) is 12.3. The van der Waals surface area contributed by atoms with Crippen molar-refractivity contribution < 1.29 is 19.0 Å². The molecule has 1 amide bonds. The number of rotatable bonds is 11. The van der Waals surface area contributed by atoms with Gasteiger partial charge in [-0.25, -0.2) is 0 Å². The zero-order valence-corrected chi connectivity index (χ0v) is 20.7. The number of para-hydroxylation sites is 1. The molecule has 0 saturated heterocycles. The second-order valence-electron chi connectivity index (χ2n) is 7.55. The molecule has 0 aliphatic heterocycles. The van der Waals surface area contributed by atoms with Gasteiger partial charge in [0.15, 0.2) is 18.1 Å². The van der Waals surface area contributed by atoms with E-state index >= 15 is 0 Å². The maximum absolute atomic E-state index is 12.3. The molecule has 3 rings (SSSR count). The van der Waals surface area contributed by atoms with Crippen LogP contribution in [0.25, 0.3) is 0 Å². The summed E-state index contributed by atoms with van der Waals surface area (Å²) in [5, 5.41) is 6.27. The van der Waals surface area contributed by atoms with E-state index in [0.717, 1.165) is 40.0 Å². The van der Waals surface area contributed by atoms with Gasteiger partial charge in [-0.2, -0.15) is 0 Å². The third-order valence-corrected chi connectivity index (χ3v) is 5.65. The minimum absolute atomic E-state index is 0.126. The standard InChI is InChI=1S/C26H29BrN2O4/c1-18-8-10-21(11-9-18)29-25(30)17-33-26-22(27)14-19(15-24(26)32-3)16-28-13-12-20-6-4-5-7-23(20)31-2/h4-11,14-15,28H,12-13,16-17H2,1-3H3,(H,29,30). The van der Waals surface area contributed by atoms with Crippen molar-refractivity contribution in [1.29, 1.82) is 0 Å². The van der Waals surface area contributed by atoms with Crippen LogP contribution in [0.1, 0.15) is 16.7 Å². The molecule has 33 heavy (non-hydrogen) atoms. The number of benzene rings is 3. The van der Waals surface area contributed by atoms with Crippen LogP contribution >= 0.6 is 15.9 Å². The maximum Gasteiger partial charge on any atom is 0.262 e. The number of aryl methyl sites for hydroxylation is 1. The van der Waals surface area contributed by atoms with E-state index in [0.29, 0.717) is 18.0 Å². The first-order valence-electron chi connectivity index (χ1n) is 10.7. The Labute approximate surface area is 203 Å². The maximum atomic E-state index is 12.3. The zero-order chi connectivity index (χ0) is 23.6. The molecule has 0 bridgehead atoms. The molecule has 0 atom stereocenters. The fraction of sp³-hybridized carbons (Fsp3) is 0.269. The molecule has 0 heterocycles. The highest BCUT2D eigenvalue weighted by atomic mass is 79.9. The lowest BCUT2D eigenvalue weighted by Gasteiger charge is -2.15. The van der Waals surface area contributed by atoms with Crippen LogP contribution in [-0.4, -0.2) is 33.3 Å². The smallest absolute Gasteiger partial charge is 0.262 e. The van der Waals surface area contributed by atoms with Crippen molar-refractivity contribution in [1.82, 2.24) is 5.32 Å². The number of nitrogens with one attached hydrogen (secondary N) is 2. The first-order chi connectivity index (χ1) is 16.0. The summed E-state index contributed by atoms with van der Waals surface area (Å²) in [6.07, 6.45) is 0.861. The molecular formula is C26H29BrN2O4. The zero-order valence-electron chi connectivity index (χ0n) is 19.1. The van der Waals surface area contributed by atoms with Crippen LogP contribution in [-0.2, 0) is 17.8 Å². The normalized spacial score (nSPS) is 10.5. The van der Waals surface area contributed by atoms with Crippen molar-refractivity contribution in [3.05, 3.63) is 81.8 Å². The number of ether oxygens (including phenoxy) is 3. The van der Waals surface area contributed by atoms with Gasteiger partial charge in [-0.3, -0.25) is 4.79 Å². The Bertz CT molecular complexity index is 1070. The Morgan fingerprint density at radius 2 is 1.70 bits per heavy atom. The quantitative estimate of drug-likeness (QED) is 0.348. The molecule has 0 aliphatic carbocycles. The van der Waals surface area contributed by atoms with Gasteiger partial charge in [0.1, 0.15) is 5.75 Å². The Hall–Kier alpha value is -3.03. The van der Waals surface area contributed by atoms with Crippen molar-refractivity contribution in [3.63, 3.8) is 0 Å². The van der Waals surface area contributed by atoms with E-state index in [4.69, 9.17) is 14.2 Å². The van der Waals surface area contributed by atoms with E-state index in [1.165, 1.54) is 5.56 Å². The number of anilines is 1. The molecule has 0 saturated carbocycles. The van der Waals surface area contributed by atoms with Crippen LogP contribution in [0.5, 0.6) is 17.2 Å². The molecule has 0 aliphatic rings. The number of methoxy groups -OCH3 is 2. The van der Waals surface area contributed by atoms with Gasteiger partial charge < -0.3 is 24.8 Å². The molecule has 174 valence electrons. The lowest BCUT2D eigenvalue weighted by Crippen LogP contribution is -2.20. The molecule has 0 unspecified atom stereocenters. The molecule has 7 heteroatoms. The lowest BCUT2D eigenvalue weighted by atomic mass is 10.1. The van der Waals surface area contributed by atoms with E-state index in [2.05, 4.69) is 32.6 Å². The predicted octanol–water partition coefficient (Wildman–Crippen LogP) is 5.12. The van der Waals surface area contributed by atoms with Gasteiger partial charge in [0.25, 0.3) is 5.91 Å². The molecule has 0 radical (unpaired) electrons. The minimum Gasteiger partial charge on any atom is -0.496 e. The highest BCUT2D eigenvalue weighted by Crippen LogP contribution is 2.36. The van der Waals surface area contributed by atoms with Crippen LogP contribution in [0.15, 0.2) is 65.1 Å². The Kier molecular flexibility index (Phi) is 9.15. The summed E-state index contributed by atoms with van der Waals surface area (Å²) in [5.74, 6) is 1.72. The first-order valence-corrected chi connectivity index (χ1v) is 11.5. The highest BCUT2D eigenvalue weighted by molar-refractivity contribution is 9.10. The van der Waals surface area contributed by atoms with E-state index in [1.807, 2.05) is 61.5 Å². The number of carbonyl (C=O) groups excluding carboxylic acids is 1. The van der Waals surface area contributed by atoms with Gasteiger partial charge in [-0.05, 0) is 77.3 Å². The molecule has 3 aromatic carbocycles. The number of hydrogen-bond donors (Lipinski definition) is 2. The summed E-state index contributed by atoms with van der Waals surface area (Å²) < 4.78 is 17.4. The minimum atomic E-state index is -0.241. The molecule has 0 aromatic heterocycles. The van der Waals surface area contributed by atoms with Gasteiger partial charge in [-0.15, -0.1) is 0 Å². The topological polar surface area (TPSA) is 68.8 Å². The van der Waals surface area contributed by atoms with Crippen molar-refractivity contribution >= 4 is 27.5 Å². The Morgan fingerprint density at radius 3 is 2.42 bits per heavy atom. The summed E-state index contributed by atoms with van der Waals surface area (Å²) in [6, 6.07) is 19.5. The fourth-order valence-electron chi connectivity index (χ4n) is 3.35. The average molecular weight is 513 g/mol. The SMILES string of the molecule is COc1ccccc1CCNCc1cc(Br)c(OCC(=O)Nc2ccc(C)cc2)c(OC)c1.